The SMILES string of the molecule is CC(C)(NC(=O)c1ccc2ccccc2c1OCCc1ccccc1)C(=O)O. The van der Waals surface area contributed by atoms with Crippen LogP contribution in [0, 0.1) is 0 Å². The molecule has 0 saturated heterocycles. The number of carboxylic acid groups (broad SMARTS) is 1. The number of fused-ring (bicyclic) bond motifs is 1. The number of rotatable bonds is 7. The van der Waals surface area contributed by atoms with Gasteiger partial charge in [-0.1, -0.05) is 60.7 Å². The van der Waals surface area contributed by atoms with E-state index in [9.17, 15) is 14.7 Å². The Morgan fingerprint density at radius 1 is 0.964 bits per heavy atom. The first-order valence-electron chi connectivity index (χ1n) is 9.13. The molecule has 2 N–H and O–H groups in total. The number of carbonyl (C=O) groups excluding carboxylic acids is 1. The minimum Gasteiger partial charge on any atom is -0.492 e. The van der Waals surface area contributed by atoms with E-state index >= 15 is 0 Å². The number of hydrogen-bond donors (Lipinski definition) is 2. The molecule has 28 heavy (non-hydrogen) atoms. The van der Waals surface area contributed by atoms with Gasteiger partial charge in [0.1, 0.15) is 11.3 Å². The number of amides is 1. The quantitative estimate of drug-likeness (QED) is 0.651. The van der Waals surface area contributed by atoms with Gasteiger partial charge >= 0.3 is 5.97 Å². The van der Waals surface area contributed by atoms with Crippen LogP contribution in [0.3, 0.4) is 0 Å². The molecule has 0 aliphatic carbocycles. The number of carboxylic acids is 1. The van der Waals surface area contributed by atoms with Crippen LogP contribution < -0.4 is 10.1 Å². The molecule has 0 radical (unpaired) electrons. The van der Waals surface area contributed by atoms with Crippen LogP contribution in [-0.2, 0) is 11.2 Å². The molecule has 0 atom stereocenters. The third-order valence-electron chi connectivity index (χ3n) is 4.56. The molecule has 3 rings (SSSR count). The van der Waals surface area contributed by atoms with Crippen molar-refractivity contribution in [2.75, 3.05) is 6.61 Å². The van der Waals surface area contributed by atoms with Crippen molar-refractivity contribution in [3.05, 3.63) is 77.9 Å². The standard InChI is InChI=1S/C23H23NO4/c1-23(2,22(26)27)24-21(25)19-13-12-17-10-6-7-11-18(17)20(19)28-15-14-16-8-4-3-5-9-16/h3-13H,14-15H2,1-2H3,(H,24,25)(H,26,27). The molecular weight excluding hydrogens is 354 g/mol. The van der Waals surface area contributed by atoms with Crippen molar-refractivity contribution in [1.29, 1.82) is 0 Å². The number of nitrogens with one attached hydrogen (secondary N) is 1. The fourth-order valence-electron chi connectivity index (χ4n) is 2.90. The van der Waals surface area contributed by atoms with E-state index in [1.807, 2.05) is 60.7 Å². The highest BCUT2D eigenvalue weighted by molar-refractivity contribution is 6.05. The second-order valence-corrected chi connectivity index (χ2v) is 7.13. The van der Waals surface area contributed by atoms with E-state index in [1.165, 1.54) is 13.8 Å². The van der Waals surface area contributed by atoms with Crippen molar-refractivity contribution in [2.45, 2.75) is 25.8 Å². The molecule has 0 unspecified atom stereocenters. The smallest absolute Gasteiger partial charge is 0.328 e. The predicted molar refractivity (Wildman–Crippen MR) is 109 cm³/mol. The third kappa shape index (κ3) is 4.31. The molecule has 3 aromatic carbocycles. The Balaban J connectivity index is 1.90. The van der Waals surface area contributed by atoms with Crippen LogP contribution in [0.5, 0.6) is 5.75 Å². The Morgan fingerprint density at radius 2 is 1.64 bits per heavy atom. The fraction of sp³-hybridized carbons (Fsp3) is 0.217. The summed E-state index contributed by atoms with van der Waals surface area (Å²) in [5.41, 5.74) is 0.0751. The molecule has 0 heterocycles. The largest absolute Gasteiger partial charge is 0.492 e. The zero-order valence-corrected chi connectivity index (χ0v) is 15.9. The van der Waals surface area contributed by atoms with Gasteiger partial charge in [0.05, 0.1) is 12.2 Å². The van der Waals surface area contributed by atoms with Gasteiger partial charge in [-0.25, -0.2) is 4.79 Å². The van der Waals surface area contributed by atoms with Crippen molar-refractivity contribution in [1.82, 2.24) is 5.32 Å². The Bertz CT molecular complexity index is 996. The summed E-state index contributed by atoms with van der Waals surface area (Å²) in [5, 5.41) is 13.6. The van der Waals surface area contributed by atoms with Gasteiger partial charge in [-0.05, 0) is 30.9 Å². The third-order valence-corrected chi connectivity index (χ3v) is 4.56. The lowest BCUT2D eigenvalue weighted by molar-refractivity contribution is -0.143. The van der Waals surface area contributed by atoms with Gasteiger partial charge in [0.25, 0.3) is 5.91 Å². The first-order valence-corrected chi connectivity index (χ1v) is 9.13. The Labute approximate surface area is 164 Å². The second-order valence-electron chi connectivity index (χ2n) is 7.13. The number of carbonyl (C=O) groups is 2. The van der Waals surface area contributed by atoms with Gasteiger partial charge in [0.15, 0.2) is 0 Å². The van der Waals surface area contributed by atoms with E-state index in [-0.39, 0.29) is 0 Å². The second kappa shape index (κ2) is 8.13. The minimum absolute atomic E-state index is 0.320. The lowest BCUT2D eigenvalue weighted by Gasteiger charge is -2.22. The summed E-state index contributed by atoms with van der Waals surface area (Å²) in [6.45, 7) is 3.30. The zero-order valence-electron chi connectivity index (χ0n) is 15.9. The summed E-state index contributed by atoms with van der Waals surface area (Å²) in [4.78, 5) is 24.2. The highest BCUT2D eigenvalue weighted by Gasteiger charge is 2.30. The van der Waals surface area contributed by atoms with E-state index < -0.39 is 17.4 Å². The van der Waals surface area contributed by atoms with Crippen LogP contribution in [0.25, 0.3) is 10.8 Å². The predicted octanol–water partition coefficient (Wildman–Crippen LogP) is 4.05. The molecule has 0 saturated carbocycles. The molecule has 0 spiro atoms. The fourth-order valence-corrected chi connectivity index (χ4v) is 2.90. The van der Waals surface area contributed by atoms with Gasteiger partial charge in [0, 0.05) is 11.8 Å². The van der Waals surface area contributed by atoms with Gasteiger partial charge < -0.3 is 15.2 Å². The molecule has 3 aromatic rings. The summed E-state index contributed by atoms with van der Waals surface area (Å²) >= 11 is 0. The summed E-state index contributed by atoms with van der Waals surface area (Å²) in [7, 11) is 0. The Kier molecular flexibility index (Phi) is 5.64. The molecule has 0 aliphatic rings. The van der Waals surface area contributed by atoms with E-state index in [1.54, 1.807) is 6.07 Å². The summed E-state index contributed by atoms with van der Waals surface area (Å²) in [5.74, 6) is -1.12. The maximum atomic E-state index is 12.8. The average Bonchev–Trinajstić information content (AvgIpc) is 2.68. The van der Waals surface area contributed by atoms with Gasteiger partial charge in [-0.2, -0.15) is 0 Å². The molecule has 1 amide bonds. The molecule has 0 fully saturated rings. The minimum atomic E-state index is -1.38. The van der Waals surface area contributed by atoms with Gasteiger partial charge in [-0.3, -0.25) is 4.79 Å². The average molecular weight is 377 g/mol. The van der Waals surface area contributed by atoms with Crippen molar-refractivity contribution in [3.8, 4) is 5.75 Å². The first-order chi connectivity index (χ1) is 13.4. The normalized spacial score (nSPS) is 11.2. The first kappa shape index (κ1) is 19.4. The van der Waals surface area contributed by atoms with Crippen molar-refractivity contribution < 1.29 is 19.4 Å². The van der Waals surface area contributed by atoms with Crippen LogP contribution in [0.15, 0.2) is 66.7 Å². The van der Waals surface area contributed by atoms with E-state index in [2.05, 4.69) is 5.32 Å². The molecule has 144 valence electrons. The van der Waals surface area contributed by atoms with Crippen molar-refractivity contribution in [3.63, 3.8) is 0 Å². The zero-order chi connectivity index (χ0) is 20.1. The summed E-state index contributed by atoms with van der Waals surface area (Å²) < 4.78 is 6.04. The van der Waals surface area contributed by atoms with Crippen LogP contribution in [-0.4, -0.2) is 29.1 Å². The highest BCUT2D eigenvalue weighted by atomic mass is 16.5. The maximum Gasteiger partial charge on any atom is 0.328 e. The van der Waals surface area contributed by atoms with Gasteiger partial charge in [-0.15, -0.1) is 0 Å². The molecule has 0 aliphatic heterocycles. The topological polar surface area (TPSA) is 75.6 Å². The highest BCUT2D eigenvalue weighted by Crippen LogP contribution is 2.30. The molecule has 5 heteroatoms. The molecule has 0 bridgehead atoms. The monoisotopic (exact) mass is 377 g/mol. The van der Waals surface area contributed by atoms with Crippen LogP contribution >= 0.6 is 0 Å². The van der Waals surface area contributed by atoms with Crippen LogP contribution in [0.1, 0.15) is 29.8 Å². The van der Waals surface area contributed by atoms with Gasteiger partial charge in [0.2, 0.25) is 0 Å². The van der Waals surface area contributed by atoms with Crippen LogP contribution in [0.4, 0.5) is 0 Å². The molecule has 0 aromatic heterocycles. The van der Waals surface area contributed by atoms with E-state index in [4.69, 9.17) is 4.74 Å². The van der Waals surface area contributed by atoms with Crippen molar-refractivity contribution in [2.24, 2.45) is 0 Å². The number of benzene rings is 3. The molecule has 5 nitrogen and oxygen atoms in total. The summed E-state index contributed by atoms with van der Waals surface area (Å²) in [6.07, 6.45) is 0.700. The molecular formula is C23H23NO4. The number of hydrogen-bond acceptors (Lipinski definition) is 3. The number of aliphatic carboxylic acids is 1. The van der Waals surface area contributed by atoms with Crippen molar-refractivity contribution >= 4 is 22.6 Å². The maximum absolute atomic E-state index is 12.8. The summed E-state index contributed by atoms with van der Waals surface area (Å²) in [6, 6.07) is 21.1. The van der Waals surface area contributed by atoms with Crippen LogP contribution in [0.2, 0.25) is 0 Å². The van der Waals surface area contributed by atoms with E-state index in [0.717, 1.165) is 16.3 Å². The van der Waals surface area contributed by atoms with E-state index in [0.29, 0.717) is 24.3 Å². The lowest BCUT2D eigenvalue weighted by Crippen LogP contribution is -2.49. The Hall–Kier alpha value is -3.34. The Morgan fingerprint density at radius 3 is 2.36 bits per heavy atom. The lowest BCUT2D eigenvalue weighted by atomic mass is 10.0. The number of ether oxygens (including phenoxy) is 1.